The summed E-state index contributed by atoms with van der Waals surface area (Å²) in [7, 11) is 3.16. The topological polar surface area (TPSA) is 117 Å². The Kier molecular flexibility index (Phi) is 7.62. The lowest BCUT2D eigenvalue weighted by Crippen LogP contribution is -2.15. The lowest BCUT2D eigenvalue weighted by molar-refractivity contribution is 0.100. The molecule has 0 spiro atoms. The number of carbonyl (C=O) groups is 1. The van der Waals surface area contributed by atoms with Gasteiger partial charge in [0.25, 0.3) is 5.91 Å². The van der Waals surface area contributed by atoms with Crippen LogP contribution in [0.3, 0.4) is 0 Å². The minimum atomic E-state index is -0.585. The minimum absolute atomic E-state index is 0. The molecule has 1 amide bonds. The number of nitrogens with two attached hydrogens (primary N) is 1. The van der Waals surface area contributed by atoms with Crippen LogP contribution in [-0.2, 0) is 0 Å². The van der Waals surface area contributed by atoms with Gasteiger partial charge in [-0.25, -0.2) is 15.0 Å². The molecule has 0 aliphatic carbocycles. The molecule has 3 N–H and O–H groups in total. The Balaban J connectivity index is 0.00000171. The number of primary amides is 1. The van der Waals surface area contributed by atoms with Crippen molar-refractivity contribution in [1.29, 1.82) is 0 Å². The number of hydrogen-bond donors (Lipinski definition) is 2. The predicted octanol–water partition coefficient (Wildman–Crippen LogP) is 3.49. The molecule has 0 unspecified atom stereocenters. The van der Waals surface area contributed by atoms with Gasteiger partial charge in [0, 0.05) is 30.2 Å². The maximum atomic E-state index is 11.7. The summed E-state index contributed by atoms with van der Waals surface area (Å²) in [4.78, 5) is 25.0. The van der Waals surface area contributed by atoms with E-state index < -0.39 is 5.91 Å². The van der Waals surface area contributed by atoms with Crippen LogP contribution in [0.25, 0.3) is 16.9 Å². The van der Waals surface area contributed by atoms with Crippen molar-refractivity contribution in [3.05, 3.63) is 60.6 Å². The first-order chi connectivity index (χ1) is 14.1. The number of hydrogen-bond acceptors (Lipinski definition) is 7. The van der Waals surface area contributed by atoms with Crippen LogP contribution in [0, 0.1) is 0 Å². The van der Waals surface area contributed by atoms with Gasteiger partial charge in [-0.3, -0.25) is 9.20 Å². The molecule has 0 atom stereocenters. The van der Waals surface area contributed by atoms with E-state index in [1.165, 1.54) is 0 Å². The first-order valence-electron chi connectivity index (χ1n) is 8.69. The Morgan fingerprint density at radius 3 is 2.52 bits per heavy atom. The van der Waals surface area contributed by atoms with Gasteiger partial charge in [-0.05, 0) is 30.3 Å². The van der Waals surface area contributed by atoms with Crippen LogP contribution in [0.2, 0.25) is 0 Å². The summed E-state index contributed by atoms with van der Waals surface area (Å²) in [5.41, 5.74) is 7.86. The molecule has 0 aliphatic heterocycles. The van der Waals surface area contributed by atoms with Crippen molar-refractivity contribution in [1.82, 2.24) is 19.4 Å². The number of nitrogens with one attached hydrogen (secondary N) is 1. The first kappa shape index (κ1) is 23.7. The lowest BCUT2D eigenvalue weighted by atomic mass is 10.1. The summed E-state index contributed by atoms with van der Waals surface area (Å²) in [5.74, 6) is 1.37. The number of benzene rings is 1. The highest BCUT2D eigenvalue weighted by molar-refractivity contribution is 5.98. The van der Waals surface area contributed by atoms with Crippen molar-refractivity contribution < 1.29 is 14.3 Å². The van der Waals surface area contributed by atoms with Crippen LogP contribution in [0.15, 0.2) is 55.0 Å². The Morgan fingerprint density at radius 2 is 1.81 bits per heavy atom. The summed E-state index contributed by atoms with van der Waals surface area (Å²) < 4.78 is 12.4. The smallest absolute Gasteiger partial charge is 0.252 e. The van der Waals surface area contributed by atoms with Gasteiger partial charge in [-0.1, -0.05) is 0 Å². The third kappa shape index (κ3) is 4.62. The number of pyridine rings is 1. The Hall–Kier alpha value is -3.56. The van der Waals surface area contributed by atoms with E-state index in [1.54, 1.807) is 49.3 Å². The van der Waals surface area contributed by atoms with Gasteiger partial charge in [-0.15, -0.1) is 24.8 Å². The molecule has 0 saturated carbocycles. The first-order valence-corrected chi connectivity index (χ1v) is 8.69. The zero-order valence-corrected chi connectivity index (χ0v) is 18.2. The minimum Gasteiger partial charge on any atom is -0.493 e. The summed E-state index contributed by atoms with van der Waals surface area (Å²) >= 11 is 0. The van der Waals surface area contributed by atoms with E-state index in [0.717, 1.165) is 5.56 Å². The highest BCUT2D eigenvalue weighted by Gasteiger charge is 2.14. The third-order valence-corrected chi connectivity index (χ3v) is 4.37. The van der Waals surface area contributed by atoms with Gasteiger partial charge in [0.05, 0.1) is 25.5 Å². The molecule has 162 valence electrons. The van der Waals surface area contributed by atoms with E-state index in [4.69, 9.17) is 20.2 Å². The van der Waals surface area contributed by atoms with E-state index in [-0.39, 0.29) is 30.4 Å². The summed E-state index contributed by atoms with van der Waals surface area (Å²) in [6, 6.07) is 10.6. The van der Waals surface area contributed by atoms with Crippen molar-refractivity contribution in [2.45, 2.75) is 0 Å². The molecule has 0 saturated heterocycles. The van der Waals surface area contributed by atoms with Crippen molar-refractivity contribution in [3.63, 3.8) is 0 Å². The summed E-state index contributed by atoms with van der Waals surface area (Å²) in [5, 5.41) is 3.09. The average molecular weight is 463 g/mol. The normalized spacial score (nSPS) is 10.0. The second-order valence-corrected chi connectivity index (χ2v) is 6.08. The molecule has 11 heteroatoms. The number of rotatable bonds is 6. The number of amides is 1. The van der Waals surface area contributed by atoms with E-state index in [0.29, 0.717) is 34.6 Å². The van der Waals surface area contributed by atoms with Gasteiger partial charge in [0.15, 0.2) is 11.5 Å². The quantitative estimate of drug-likeness (QED) is 0.450. The largest absolute Gasteiger partial charge is 0.493 e. The number of nitrogens with zero attached hydrogens (tertiary/aromatic N) is 4. The molecule has 4 rings (SSSR count). The van der Waals surface area contributed by atoms with E-state index in [2.05, 4.69) is 15.3 Å². The molecule has 9 nitrogen and oxygen atoms in total. The van der Waals surface area contributed by atoms with Crippen molar-refractivity contribution in [2.24, 2.45) is 5.73 Å². The predicted molar refractivity (Wildman–Crippen MR) is 122 cm³/mol. The maximum Gasteiger partial charge on any atom is 0.252 e. The van der Waals surface area contributed by atoms with E-state index >= 15 is 0 Å². The lowest BCUT2D eigenvalue weighted by Gasteiger charge is -2.13. The summed E-state index contributed by atoms with van der Waals surface area (Å²) in [6.07, 6.45) is 4.99. The van der Waals surface area contributed by atoms with Gasteiger partial charge in [0.2, 0.25) is 5.95 Å². The molecule has 3 aromatic heterocycles. The zero-order valence-electron chi connectivity index (χ0n) is 16.6. The highest BCUT2D eigenvalue weighted by atomic mass is 35.5. The van der Waals surface area contributed by atoms with Crippen LogP contribution >= 0.6 is 24.8 Å². The molecule has 1 aromatic carbocycles. The number of methoxy groups -OCH3 is 2. The molecule has 0 fully saturated rings. The van der Waals surface area contributed by atoms with Crippen molar-refractivity contribution in [3.8, 4) is 22.8 Å². The number of ether oxygens (including phenoxy) is 2. The average Bonchev–Trinajstić information content (AvgIpc) is 3.22. The number of halogens is 2. The maximum absolute atomic E-state index is 11.7. The summed E-state index contributed by atoms with van der Waals surface area (Å²) in [6.45, 7) is 0. The second kappa shape index (κ2) is 9.96. The van der Waals surface area contributed by atoms with Crippen LogP contribution in [0.1, 0.15) is 10.4 Å². The van der Waals surface area contributed by atoms with Crippen LogP contribution in [0.4, 0.5) is 11.8 Å². The van der Waals surface area contributed by atoms with Gasteiger partial charge < -0.3 is 20.5 Å². The molecule has 4 aromatic rings. The Labute approximate surface area is 190 Å². The monoisotopic (exact) mass is 462 g/mol. The third-order valence-electron chi connectivity index (χ3n) is 4.37. The standard InChI is InChI=1S/C20H18N6O3.2ClH/c1-28-15-6-5-12(10-16(15)29-2)14-11-17-22-8-9-26(17)20(24-14)25-19-13(18(21)27)4-3-7-23-19;;/h3-11H,1-2H3,(H2,21,27)(H,23,24,25);2*1H. The Morgan fingerprint density at radius 1 is 1.03 bits per heavy atom. The highest BCUT2D eigenvalue weighted by Crippen LogP contribution is 2.32. The van der Waals surface area contributed by atoms with Crippen molar-refractivity contribution >= 4 is 48.1 Å². The molecule has 0 bridgehead atoms. The van der Waals surface area contributed by atoms with Gasteiger partial charge in [-0.2, -0.15) is 0 Å². The SMILES string of the molecule is COc1ccc(-c2cc3nccn3c(Nc3ncccc3C(N)=O)n2)cc1OC.Cl.Cl. The number of fused-ring (bicyclic) bond motifs is 1. The van der Waals surface area contributed by atoms with E-state index in [1.807, 2.05) is 24.3 Å². The number of aromatic nitrogens is 4. The molecular weight excluding hydrogens is 443 g/mol. The number of imidazole rings is 1. The molecule has 3 heterocycles. The fourth-order valence-corrected chi connectivity index (χ4v) is 2.96. The van der Waals surface area contributed by atoms with Crippen molar-refractivity contribution in [2.75, 3.05) is 19.5 Å². The van der Waals surface area contributed by atoms with Crippen LogP contribution in [0.5, 0.6) is 11.5 Å². The van der Waals surface area contributed by atoms with Gasteiger partial charge >= 0.3 is 0 Å². The molecule has 0 radical (unpaired) electrons. The Bertz CT molecular complexity index is 1210. The zero-order chi connectivity index (χ0) is 20.4. The fourth-order valence-electron chi connectivity index (χ4n) is 2.96. The fraction of sp³-hybridized carbons (Fsp3) is 0.100. The van der Waals surface area contributed by atoms with Gasteiger partial charge in [0.1, 0.15) is 11.5 Å². The number of anilines is 2. The molecule has 31 heavy (non-hydrogen) atoms. The second-order valence-electron chi connectivity index (χ2n) is 6.08. The van der Waals surface area contributed by atoms with E-state index in [9.17, 15) is 4.79 Å². The van der Waals surface area contributed by atoms with Crippen LogP contribution < -0.4 is 20.5 Å². The van der Waals surface area contributed by atoms with Crippen LogP contribution in [-0.4, -0.2) is 39.5 Å². The number of carbonyl (C=O) groups excluding carboxylic acids is 1. The molecule has 0 aliphatic rings. The molecular formula is C20H20Cl2N6O3.